The molecule has 6 heteroatoms. The maximum absolute atomic E-state index is 11.5. The molecule has 0 saturated carbocycles. The summed E-state index contributed by atoms with van der Waals surface area (Å²) in [5.74, 6) is -0.990. The summed E-state index contributed by atoms with van der Waals surface area (Å²) < 4.78 is 9.62. The third-order valence-corrected chi connectivity index (χ3v) is 2.64. The number of aliphatic hydroxyl groups excluding tert-OH is 1. The van der Waals surface area contributed by atoms with Gasteiger partial charge in [-0.05, 0) is 12.0 Å². The minimum absolute atomic E-state index is 0.118. The number of rotatable bonds is 8. The van der Waals surface area contributed by atoms with Crippen LogP contribution >= 0.6 is 0 Å². The summed E-state index contributed by atoms with van der Waals surface area (Å²) in [4.78, 5) is 22.9. The van der Waals surface area contributed by atoms with Crippen molar-refractivity contribution in [1.82, 2.24) is 5.32 Å². The van der Waals surface area contributed by atoms with Gasteiger partial charge in [0.15, 0.2) is 0 Å². The van der Waals surface area contributed by atoms with Gasteiger partial charge >= 0.3 is 11.9 Å². The monoisotopic (exact) mass is 281 g/mol. The first kappa shape index (κ1) is 16.1. The van der Waals surface area contributed by atoms with Crippen LogP contribution in [0.4, 0.5) is 0 Å². The van der Waals surface area contributed by atoms with Gasteiger partial charge in [-0.15, -0.1) is 0 Å². The lowest BCUT2D eigenvalue weighted by atomic mass is 10.2. The van der Waals surface area contributed by atoms with E-state index in [1.807, 2.05) is 30.3 Å². The van der Waals surface area contributed by atoms with Crippen LogP contribution in [0.2, 0.25) is 0 Å². The van der Waals surface area contributed by atoms with Gasteiger partial charge in [0, 0.05) is 6.61 Å². The molecule has 0 spiro atoms. The van der Waals surface area contributed by atoms with E-state index in [4.69, 9.17) is 9.84 Å². The topological polar surface area (TPSA) is 84.9 Å². The predicted octanol–water partition coefficient (Wildman–Crippen LogP) is 0.243. The second kappa shape index (κ2) is 9.06. The van der Waals surface area contributed by atoms with Crippen LogP contribution in [0.15, 0.2) is 30.3 Å². The lowest BCUT2D eigenvalue weighted by molar-refractivity contribution is -0.146. The maximum Gasteiger partial charge on any atom is 0.322 e. The first-order valence-electron chi connectivity index (χ1n) is 6.29. The molecule has 0 saturated heterocycles. The Bertz CT molecular complexity index is 421. The van der Waals surface area contributed by atoms with E-state index < -0.39 is 18.0 Å². The zero-order valence-electron chi connectivity index (χ0n) is 11.4. The molecule has 0 fully saturated rings. The van der Waals surface area contributed by atoms with Crippen LogP contribution in [-0.2, 0) is 25.7 Å². The number of aliphatic hydroxyl groups is 1. The molecule has 0 bridgehead atoms. The van der Waals surface area contributed by atoms with E-state index in [2.05, 4.69) is 10.1 Å². The number of nitrogens with one attached hydrogen (secondary N) is 1. The highest BCUT2D eigenvalue weighted by Crippen LogP contribution is 2.00. The Morgan fingerprint density at radius 1 is 1.30 bits per heavy atom. The van der Waals surface area contributed by atoms with Crippen LogP contribution in [0.3, 0.4) is 0 Å². The fraction of sp³-hybridized carbons (Fsp3) is 0.429. The smallest absolute Gasteiger partial charge is 0.322 e. The fourth-order valence-corrected chi connectivity index (χ4v) is 1.57. The number of benzene rings is 1. The summed E-state index contributed by atoms with van der Waals surface area (Å²) in [7, 11) is 1.25. The van der Waals surface area contributed by atoms with Gasteiger partial charge in [0.2, 0.25) is 0 Å². The van der Waals surface area contributed by atoms with Crippen molar-refractivity contribution < 1.29 is 24.2 Å². The second-order valence-corrected chi connectivity index (χ2v) is 4.12. The van der Waals surface area contributed by atoms with Crippen molar-refractivity contribution in [2.24, 2.45) is 0 Å². The minimum atomic E-state index is -0.714. The Morgan fingerprint density at radius 2 is 2.00 bits per heavy atom. The van der Waals surface area contributed by atoms with Gasteiger partial charge in [-0.3, -0.25) is 14.9 Å². The zero-order chi connectivity index (χ0) is 14.8. The molecule has 1 rings (SSSR count). The molecule has 0 unspecified atom stereocenters. The summed E-state index contributed by atoms with van der Waals surface area (Å²) in [6, 6.07) is 8.58. The van der Waals surface area contributed by atoms with E-state index in [-0.39, 0.29) is 26.2 Å². The van der Waals surface area contributed by atoms with Crippen molar-refractivity contribution in [3.63, 3.8) is 0 Å². The largest absolute Gasteiger partial charge is 0.468 e. The molecule has 0 aliphatic rings. The average Bonchev–Trinajstić information content (AvgIpc) is 2.49. The lowest BCUT2D eigenvalue weighted by Crippen LogP contribution is -2.41. The van der Waals surface area contributed by atoms with Gasteiger partial charge in [-0.25, -0.2) is 0 Å². The molecule has 1 aromatic rings. The summed E-state index contributed by atoms with van der Waals surface area (Å²) in [6.45, 7) is -0.108. The third-order valence-electron chi connectivity index (χ3n) is 2.64. The van der Waals surface area contributed by atoms with Crippen molar-refractivity contribution in [3.8, 4) is 0 Å². The number of methoxy groups -OCH3 is 1. The number of esters is 2. The molecule has 2 N–H and O–H groups in total. The minimum Gasteiger partial charge on any atom is -0.468 e. The Balaban J connectivity index is 2.32. The normalized spacial score (nSPS) is 11.7. The SMILES string of the molecule is COC(=O)[C@H](CCO)NCC(=O)OCc1ccccc1. The maximum atomic E-state index is 11.5. The summed E-state index contributed by atoms with van der Waals surface area (Å²) in [5, 5.41) is 11.5. The van der Waals surface area contributed by atoms with E-state index >= 15 is 0 Å². The van der Waals surface area contributed by atoms with Crippen molar-refractivity contribution in [2.45, 2.75) is 19.1 Å². The molecule has 0 amide bonds. The van der Waals surface area contributed by atoms with E-state index in [1.54, 1.807) is 0 Å². The Kier molecular flexibility index (Phi) is 7.31. The predicted molar refractivity (Wildman–Crippen MR) is 71.7 cm³/mol. The Morgan fingerprint density at radius 3 is 2.60 bits per heavy atom. The number of carbonyl (C=O) groups is 2. The Hall–Kier alpha value is -1.92. The molecule has 0 aromatic heterocycles. The number of carbonyl (C=O) groups excluding carboxylic acids is 2. The molecule has 0 heterocycles. The van der Waals surface area contributed by atoms with Gasteiger partial charge in [0.1, 0.15) is 12.6 Å². The van der Waals surface area contributed by atoms with Crippen molar-refractivity contribution in [3.05, 3.63) is 35.9 Å². The van der Waals surface area contributed by atoms with Gasteiger partial charge in [0.25, 0.3) is 0 Å². The van der Waals surface area contributed by atoms with E-state index in [1.165, 1.54) is 7.11 Å². The molecular weight excluding hydrogens is 262 g/mol. The van der Waals surface area contributed by atoms with E-state index in [0.29, 0.717) is 0 Å². The van der Waals surface area contributed by atoms with Gasteiger partial charge in [0.05, 0.1) is 13.7 Å². The standard InChI is InChI=1S/C14H19NO5/c1-19-14(18)12(7-8-16)15-9-13(17)20-10-11-5-3-2-4-6-11/h2-6,12,15-16H,7-10H2,1H3/t12-/m0/s1. The van der Waals surface area contributed by atoms with Gasteiger partial charge < -0.3 is 14.6 Å². The Labute approximate surface area is 117 Å². The van der Waals surface area contributed by atoms with E-state index in [9.17, 15) is 9.59 Å². The first-order valence-corrected chi connectivity index (χ1v) is 6.29. The highest BCUT2D eigenvalue weighted by Gasteiger charge is 2.19. The molecule has 1 aromatic carbocycles. The summed E-state index contributed by atoms with van der Waals surface area (Å²) in [6.07, 6.45) is 0.179. The summed E-state index contributed by atoms with van der Waals surface area (Å²) >= 11 is 0. The number of hydrogen-bond acceptors (Lipinski definition) is 6. The van der Waals surface area contributed by atoms with Crippen LogP contribution in [0, 0.1) is 0 Å². The summed E-state index contributed by atoms with van der Waals surface area (Å²) in [5.41, 5.74) is 0.890. The van der Waals surface area contributed by atoms with E-state index in [0.717, 1.165) is 5.56 Å². The molecule has 110 valence electrons. The molecule has 20 heavy (non-hydrogen) atoms. The molecule has 6 nitrogen and oxygen atoms in total. The van der Waals surface area contributed by atoms with Crippen LogP contribution in [-0.4, -0.2) is 43.3 Å². The third kappa shape index (κ3) is 5.81. The number of ether oxygens (including phenoxy) is 2. The van der Waals surface area contributed by atoms with Crippen molar-refractivity contribution in [2.75, 3.05) is 20.3 Å². The van der Waals surface area contributed by atoms with Gasteiger partial charge in [-0.1, -0.05) is 30.3 Å². The molecule has 0 radical (unpaired) electrons. The molecule has 0 aliphatic carbocycles. The first-order chi connectivity index (χ1) is 9.67. The van der Waals surface area contributed by atoms with Crippen LogP contribution in [0.5, 0.6) is 0 Å². The molecular formula is C14H19NO5. The van der Waals surface area contributed by atoms with Crippen molar-refractivity contribution >= 4 is 11.9 Å². The molecule has 0 aliphatic heterocycles. The van der Waals surface area contributed by atoms with Crippen LogP contribution in [0.1, 0.15) is 12.0 Å². The lowest BCUT2D eigenvalue weighted by Gasteiger charge is -2.14. The zero-order valence-corrected chi connectivity index (χ0v) is 11.4. The van der Waals surface area contributed by atoms with Crippen LogP contribution in [0.25, 0.3) is 0 Å². The fourth-order valence-electron chi connectivity index (χ4n) is 1.57. The highest BCUT2D eigenvalue weighted by molar-refractivity contribution is 5.77. The highest BCUT2D eigenvalue weighted by atomic mass is 16.5. The molecule has 1 atom stereocenters. The average molecular weight is 281 g/mol. The number of hydrogen-bond donors (Lipinski definition) is 2. The quantitative estimate of drug-likeness (QED) is 0.664. The second-order valence-electron chi connectivity index (χ2n) is 4.12. The van der Waals surface area contributed by atoms with Gasteiger partial charge in [-0.2, -0.15) is 0 Å². The van der Waals surface area contributed by atoms with Crippen LogP contribution < -0.4 is 5.32 Å². The van der Waals surface area contributed by atoms with Crippen molar-refractivity contribution in [1.29, 1.82) is 0 Å².